The Kier molecular flexibility index (Phi) is 6.33. The second-order valence-corrected chi connectivity index (χ2v) is 9.33. The maximum atomic E-state index is 12.9. The lowest BCUT2D eigenvalue weighted by Crippen LogP contribution is -2.43. The zero-order chi connectivity index (χ0) is 21.2. The van der Waals surface area contributed by atoms with Crippen LogP contribution in [0.15, 0.2) is 12.0 Å². The quantitative estimate of drug-likeness (QED) is 0.321. The van der Waals surface area contributed by atoms with Gasteiger partial charge in [0.2, 0.25) is 0 Å². The summed E-state index contributed by atoms with van der Waals surface area (Å²) in [5.41, 5.74) is -0.491. The van der Waals surface area contributed by atoms with E-state index in [2.05, 4.69) is 10.8 Å². The van der Waals surface area contributed by atoms with Crippen molar-refractivity contribution in [1.29, 1.82) is 0 Å². The minimum absolute atomic E-state index is 0.0830. The van der Waals surface area contributed by atoms with Crippen LogP contribution in [0.2, 0.25) is 0 Å². The molecule has 3 fully saturated rings. The molecule has 9 nitrogen and oxygen atoms in total. The second-order valence-electron chi connectivity index (χ2n) is 7.77. The van der Waals surface area contributed by atoms with Crippen molar-refractivity contribution in [1.82, 2.24) is 0 Å². The van der Waals surface area contributed by atoms with E-state index in [1.807, 2.05) is 6.92 Å². The Bertz CT molecular complexity index is 782. The van der Waals surface area contributed by atoms with Crippen LogP contribution in [0.25, 0.3) is 0 Å². The van der Waals surface area contributed by atoms with Crippen LogP contribution in [0.5, 0.6) is 0 Å². The van der Waals surface area contributed by atoms with Crippen LogP contribution in [0, 0.1) is 11.8 Å². The lowest BCUT2D eigenvalue weighted by molar-refractivity contribution is -0.173. The summed E-state index contributed by atoms with van der Waals surface area (Å²) in [4.78, 5) is 37.1. The van der Waals surface area contributed by atoms with Crippen molar-refractivity contribution >= 4 is 28.0 Å². The molecule has 0 spiro atoms. The lowest BCUT2D eigenvalue weighted by atomic mass is 9.78. The minimum Gasteiger partial charge on any atom is -0.459 e. The van der Waals surface area contributed by atoms with Gasteiger partial charge in [-0.05, 0) is 32.1 Å². The van der Waals surface area contributed by atoms with Gasteiger partial charge in [0.15, 0.2) is 6.61 Å². The van der Waals surface area contributed by atoms with Crippen LogP contribution in [-0.4, -0.2) is 50.7 Å². The molecule has 3 aliphatic rings. The smallest absolute Gasteiger partial charge is 0.334 e. The van der Waals surface area contributed by atoms with E-state index in [4.69, 9.17) is 14.2 Å². The van der Waals surface area contributed by atoms with Gasteiger partial charge >= 0.3 is 17.9 Å². The first kappa shape index (κ1) is 21.8. The Morgan fingerprint density at radius 3 is 2.59 bits per heavy atom. The molecule has 2 aliphatic carbocycles. The topological polar surface area (TPSA) is 122 Å². The molecule has 162 valence electrons. The summed E-state index contributed by atoms with van der Waals surface area (Å²) >= 11 is 0. The van der Waals surface area contributed by atoms with Gasteiger partial charge < -0.3 is 14.2 Å². The van der Waals surface area contributed by atoms with E-state index in [9.17, 15) is 22.8 Å². The van der Waals surface area contributed by atoms with E-state index in [1.165, 1.54) is 0 Å². The molecule has 0 aromatic rings. The molecule has 0 N–H and O–H groups in total. The fourth-order valence-electron chi connectivity index (χ4n) is 4.36. The molecule has 1 aliphatic heterocycles. The van der Waals surface area contributed by atoms with Crippen LogP contribution in [0.1, 0.15) is 51.9 Å². The fraction of sp³-hybridized carbons (Fsp3) is 0.737. The highest BCUT2D eigenvalue weighted by atomic mass is 32.2. The van der Waals surface area contributed by atoms with Crippen molar-refractivity contribution in [2.75, 3.05) is 6.61 Å². The molecule has 10 heteroatoms. The number of carbonyl (C=O) groups is 3. The molecule has 29 heavy (non-hydrogen) atoms. The molecule has 1 saturated heterocycles. The molecule has 0 aromatic heterocycles. The summed E-state index contributed by atoms with van der Waals surface area (Å²) in [7, 11) is -4.02. The molecule has 4 unspecified atom stereocenters. The predicted molar refractivity (Wildman–Crippen MR) is 98.6 cm³/mol. The van der Waals surface area contributed by atoms with E-state index >= 15 is 0 Å². The third-order valence-corrected chi connectivity index (χ3v) is 6.90. The summed E-state index contributed by atoms with van der Waals surface area (Å²) < 4.78 is 43.3. The summed E-state index contributed by atoms with van der Waals surface area (Å²) in [5, 5.41) is 0.572. The number of carbonyl (C=O) groups excluding carboxylic acids is 3. The van der Waals surface area contributed by atoms with Gasteiger partial charge in [0.05, 0.1) is 17.2 Å². The Morgan fingerprint density at radius 1 is 1.28 bits per heavy atom. The summed E-state index contributed by atoms with van der Waals surface area (Å²) in [6.07, 6.45) is 3.10. The number of hydrogen-bond donors (Lipinski definition) is 0. The Morgan fingerprint density at radius 2 is 1.97 bits per heavy atom. The second kappa shape index (κ2) is 8.43. The number of esters is 3. The Labute approximate surface area is 169 Å². The normalized spacial score (nSPS) is 30.4. The van der Waals surface area contributed by atoms with Crippen molar-refractivity contribution in [3.63, 3.8) is 0 Å². The predicted octanol–water partition coefficient (Wildman–Crippen LogP) is 1.61. The number of ether oxygens (including phenoxy) is 3. The highest BCUT2D eigenvalue weighted by Gasteiger charge is 2.54. The average molecular weight is 430 g/mol. The number of hydrogen-bond acceptors (Lipinski definition) is 9. The summed E-state index contributed by atoms with van der Waals surface area (Å²) in [6, 6.07) is 0. The molecule has 1 heterocycles. The van der Waals surface area contributed by atoms with Gasteiger partial charge in [-0.3, -0.25) is 13.8 Å². The maximum absolute atomic E-state index is 12.9. The minimum atomic E-state index is -4.02. The van der Waals surface area contributed by atoms with E-state index in [1.54, 1.807) is 0 Å². The van der Waals surface area contributed by atoms with Crippen molar-refractivity contribution in [2.45, 2.75) is 69.7 Å². The van der Waals surface area contributed by atoms with Crippen LogP contribution < -0.4 is 0 Å². The van der Waals surface area contributed by atoms with Gasteiger partial charge in [0, 0.05) is 12.8 Å². The van der Waals surface area contributed by atoms with Crippen molar-refractivity contribution in [3.05, 3.63) is 12.0 Å². The van der Waals surface area contributed by atoms with E-state index in [-0.39, 0.29) is 12.8 Å². The maximum Gasteiger partial charge on any atom is 0.334 e. The van der Waals surface area contributed by atoms with Gasteiger partial charge in [-0.15, -0.1) is 0 Å². The highest BCUT2D eigenvalue weighted by molar-refractivity contribution is 7.89. The largest absolute Gasteiger partial charge is 0.459 e. The van der Waals surface area contributed by atoms with E-state index < -0.39 is 64.3 Å². The van der Waals surface area contributed by atoms with Gasteiger partial charge in [-0.25, -0.2) is 4.79 Å². The van der Waals surface area contributed by atoms with Crippen LogP contribution in [0.4, 0.5) is 0 Å². The summed E-state index contributed by atoms with van der Waals surface area (Å²) in [5.74, 6) is -3.29. The highest BCUT2D eigenvalue weighted by Crippen LogP contribution is 2.43. The molecule has 0 amide bonds. The zero-order valence-electron chi connectivity index (χ0n) is 16.3. The molecule has 0 radical (unpaired) electrons. The standard InChI is InChI=1S/C19H26O9S/c1-3-19(7-5-6-8-19)28-18(22)13-10-14(15-9-12(13)17(21)27-15)26-16(20)11-25-29(23,24)4-2/h4,12-15H,2-3,5-11H2,1H3. The third-order valence-electron chi connectivity index (χ3n) is 6.05. The van der Waals surface area contributed by atoms with Crippen LogP contribution >= 0.6 is 0 Å². The van der Waals surface area contributed by atoms with Gasteiger partial charge in [-0.1, -0.05) is 13.5 Å². The molecule has 3 rings (SSSR count). The third kappa shape index (κ3) is 4.80. The van der Waals surface area contributed by atoms with E-state index in [0.29, 0.717) is 11.8 Å². The molecule has 2 saturated carbocycles. The van der Waals surface area contributed by atoms with Gasteiger partial charge in [0.25, 0.3) is 10.1 Å². The zero-order valence-corrected chi connectivity index (χ0v) is 17.1. The van der Waals surface area contributed by atoms with E-state index in [0.717, 1.165) is 25.7 Å². The Hall–Kier alpha value is -1.94. The number of fused-ring (bicyclic) bond motifs is 2. The van der Waals surface area contributed by atoms with Gasteiger partial charge in [-0.2, -0.15) is 8.42 Å². The first-order valence-corrected chi connectivity index (χ1v) is 11.3. The average Bonchev–Trinajstić information content (AvgIpc) is 3.28. The molecular formula is C19H26O9S. The number of rotatable bonds is 8. The van der Waals surface area contributed by atoms with Gasteiger partial charge in [0.1, 0.15) is 17.8 Å². The summed E-state index contributed by atoms with van der Waals surface area (Å²) in [6.45, 7) is 4.22. The monoisotopic (exact) mass is 430 g/mol. The van der Waals surface area contributed by atoms with Crippen LogP contribution in [0.3, 0.4) is 0 Å². The first-order chi connectivity index (χ1) is 13.7. The van der Waals surface area contributed by atoms with Crippen molar-refractivity contribution in [3.8, 4) is 0 Å². The Balaban J connectivity index is 1.65. The molecule has 2 bridgehead atoms. The van der Waals surface area contributed by atoms with Crippen LogP contribution in [-0.2, 0) is 42.9 Å². The van der Waals surface area contributed by atoms with Crippen molar-refractivity contribution < 1.29 is 41.2 Å². The lowest BCUT2D eigenvalue weighted by Gasteiger charge is -2.34. The fourth-order valence-corrected chi connectivity index (χ4v) is 4.71. The van der Waals surface area contributed by atoms with Crippen molar-refractivity contribution in [2.24, 2.45) is 11.8 Å². The first-order valence-electron chi connectivity index (χ1n) is 9.83. The molecular weight excluding hydrogens is 404 g/mol. The molecule has 4 atom stereocenters. The molecule has 0 aromatic carbocycles. The SMILES string of the molecule is C=CS(=O)(=O)OCC(=O)OC1CC(C(=O)OC2(CC)CCCC2)C2CC1OC2=O.